The summed E-state index contributed by atoms with van der Waals surface area (Å²) in [7, 11) is -4.11. The monoisotopic (exact) mass is 617 g/mol. The molecule has 6 rings (SSSR count). The molecule has 6 heteroatoms. The number of benzene rings is 4. The maximum Gasteiger partial charge on any atom is 0.271 e. The molecule has 0 aliphatic carbocycles. The quantitative estimate of drug-likeness (QED) is 0.122. The molecule has 0 amide bonds. The van der Waals surface area contributed by atoms with E-state index in [9.17, 15) is 13.0 Å². The lowest BCUT2D eigenvalue weighted by Crippen LogP contribution is -2.29. The van der Waals surface area contributed by atoms with E-state index in [0.29, 0.717) is 0 Å². The number of hydrogen-bond acceptors (Lipinski definition) is 3. The highest BCUT2D eigenvalue weighted by atomic mass is 32.2. The van der Waals surface area contributed by atoms with Gasteiger partial charge in [-0.2, -0.15) is 13.0 Å². The average molecular weight is 618 g/mol. The van der Waals surface area contributed by atoms with Gasteiger partial charge in [0.05, 0.1) is 5.41 Å². The molecule has 0 atom stereocenters. The first-order valence-corrected chi connectivity index (χ1v) is 17.2. The molecule has 0 spiro atoms. The number of rotatable bonds is 8. The summed E-state index contributed by atoms with van der Waals surface area (Å²) in [6.45, 7) is 12.2. The van der Waals surface area contributed by atoms with Crippen molar-refractivity contribution in [1.82, 2.24) is 0 Å². The third kappa shape index (κ3) is 5.47. The van der Waals surface area contributed by atoms with Gasteiger partial charge in [0, 0.05) is 41.1 Å². The number of likely N-dealkylation sites (N-methyl/N-ethyl adjacent to an activating group) is 1. The van der Waals surface area contributed by atoms with E-state index in [-0.39, 0.29) is 23.1 Å². The molecule has 4 aromatic carbocycles. The van der Waals surface area contributed by atoms with Gasteiger partial charge in [0.25, 0.3) is 10.1 Å². The molecule has 5 nitrogen and oxygen atoms in total. The fraction of sp³-hybridized carbons (Fsp3) is 0.256. The van der Waals surface area contributed by atoms with Crippen LogP contribution in [0.2, 0.25) is 0 Å². The molecule has 0 saturated heterocycles. The van der Waals surface area contributed by atoms with Crippen LogP contribution in [0.3, 0.4) is 0 Å². The first-order valence-electron chi connectivity index (χ1n) is 15.6. The van der Waals surface area contributed by atoms with Gasteiger partial charge in [-0.15, -0.1) is 0 Å². The minimum Gasteiger partial charge on any atom is -0.344 e. The highest BCUT2D eigenvalue weighted by Crippen LogP contribution is 2.50. The first kappa shape index (κ1) is 30.8. The van der Waals surface area contributed by atoms with Crippen LogP contribution in [0, 0.1) is 0 Å². The molecule has 0 radical (unpaired) electrons. The van der Waals surface area contributed by atoms with E-state index >= 15 is 0 Å². The Morgan fingerprint density at radius 1 is 0.756 bits per heavy atom. The summed E-state index contributed by atoms with van der Waals surface area (Å²) in [5, 5.41) is 4.87. The minimum absolute atomic E-state index is 0.129. The molecule has 0 fully saturated rings. The molecule has 0 bridgehead atoms. The standard InChI is InChI=1S/C39H40N2O3S/c1-6-40-32-24-22-28-16-12-14-18-30(28)36(32)38(2,3)34(40)20-10-8-7-9-11-21-35-39(4,5)37-31-19-15-13-17-29(31)23-25-33(37)41(35)26-27-45(42,43)44/h7-25H,6,26-27H2,1-5H3/p+1. The predicted octanol–water partition coefficient (Wildman–Crippen LogP) is 8.63. The van der Waals surface area contributed by atoms with E-state index < -0.39 is 10.1 Å². The Labute approximate surface area is 267 Å². The number of hydrogen-bond donors (Lipinski definition) is 1. The van der Waals surface area contributed by atoms with Crippen molar-refractivity contribution in [3.63, 3.8) is 0 Å². The molecular weight excluding hydrogens is 577 g/mol. The van der Waals surface area contributed by atoms with Crippen LogP contribution in [-0.4, -0.2) is 42.1 Å². The molecule has 2 aliphatic rings. The minimum atomic E-state index is -4.11. The molecular formula is C39H41N2O3S+. The van der Waals surface area contributed by atoms with E-state index in [1.165, 1.54) is 33.3 Å². The van der Waals surface area contributed by atoms with Crippen molar-refractivity contribution in [2.75, 3.05) is 23.7 Å². The van der Waals surface area contributed by atoms with Crippen molar-refractivity contribution in [3.05, 3.63) is 132 Å². The first-order chi connectivity index (χ1) is 21.4. The Kier molecular flexibility index (Phi) is 7.92. The molecule has 2 heterocycles. The topological polar surface area (TPSA) is 60.6 Å². The van der Waals surface area contributed by atoms with Crippen LogP contribution in [0.4, 0.5) is 11.4 Å². The van der Waals surface area contributed by atoms with E-state index in [1.807, 2.05) is 41.0 Å². The molecule has 1 N–H and O–H groups in total. The van der Waals surface area contributed by atoms with Crippen LogP contribution in [-0.2, 0) is 20.9 Å². The number of fused-ring (bicyclic) bond motifs is 6. The summed E-state index contributed by atoms with van der Waals surface area (Å²) in [6, 6.07) is 25.5. The van der Waals surface area contributed by atoms with Gasteiger partial charge in [-0.25, -0.2) is 0 Å². The van der Waals surface area contributed by atoms with E-state index in [4.69, 9.17) is 0 Å². The molecule has 4 aromatic rings. The Hall–Kier alpha value is -4.26. The van der Waals surface area contributed by atoms with Crippen LogP contribution in [0.25, 0.3) is 21.5 Å². The maximum atomic E-state index is 11.7. The van der Waals surface area contributed by atoms with Crippen LogP contribution >= 0.6 is 0 Å². The molecule has 230 valence electrons. The Bertz CT molecular complexity index is 2080. The summed E-state index contributed by atoms with van der Waals surface area (Å²) < 4.78 is 35.0. The SMILES string of the molecule is CCN1C(=CC=CC=CC=CC2=[N+](CCS(=O)(=O)O)c3ccc4ccccc4c3C2(C)C)C(C)(C)c2c1ccc1ccccc21. The van der Waals surface area contributed by atoms with Crippen LogP contribution in [0.1, 0.15) is 45.7 Å². The molecule has 45 heavy (non-hydrogen) atoms. The van der Waals surface area contributed by atoms with Gasteiger partial charge in [-0.1, -0.05) is 98.8 Å². The summed E-state index contributed by atoms with van der Waals surface area (Å²) in [5.74, 6) is -0.343. The van der Waals surface area contributed by atoms with Gasteiger partial charge in [0.2, 0.25) is 5.69 Å². The number of allylic oxidation sites excluding steroid dienone is 8. The Morgan fingerprint density at radius 2 is 1.36 bits per heavy atom. The number of anilines is 1. The zero-order valence-corrected chi connectivity index (χ0v) is 27.5. The maximum absolute atomic E-state index is 11.7. The Balaban J connectivity index is 1.27. The van der Waals surface area contributed by atoms with Crippen molar-refractivity contribution in [1.29, 1.82) is 0 Å². The third-order valence-corrected chi connectivity index (χ3v) is 10.0. The van der Waals surface area contributed by atoms with Gasteiger partial charge >= 0.3 is 0 Å². The summed E-state index contributed by atoms with van der Waals surface area (Å²) in [6.07, 6.45) is 14.4. The third-order valence-electron chi connectivity index (χ3n) is 9.35. The van der Waals surface area contributed by atoms with E-state index in [0.717, 1.165) is 28.7 Å². The van der Waals surface area contributed by atoms with Gasteiger partial charge in [-0.3, -0.25) is 4.55 Å². The lowest BCUT2D eigenvalue weighted by molar-refractivity contribution is -0.432. The normalized spacial score (nSPS) is 18.4. The Morgan fingerprint density at radius 3 is 2.02 bits per heavy atom. The van der Waals surface area contributed by atoms with Crippen molar-refractivity contribution in [2.45, 2.75) is 45.4 Å². The highest BCUT2D eigenvalue weighted by Gasteiger charge is 2.45. The van der Waals surface area contributed by atoms with Crippen molar-refractivity contribution >= 4 is 48.7 Å². The summed E-state index contributed by atoms with van der Waals surface area (Å²) in [4.78, 5) is 2.41. The van der Waals surface area contributed by atoms with Crippen LogP contribution in [0.5, 0.6) is 0 Å². The average Bonchev–Trinajstić information content (AvgIpc) is 3.37. The van der Waals surface area contributed by atoms with Crippen molar-refractivity contribution in [3.8, 4) is 0 Å². The molecule has 0 aromatic heterocycles. The lowest BCUT2D eigenvalue weighted by atomic mass is 9.79. The van der Waals surface area contributed by atoms with E-state index in [2.05, 4.69) is 118 Å². The van der Waals surface area contributed by atoms with E-state index in [1.54, 1.807) is 0 Å². The predicted molar refractivity (Wildman–Crippen MR) is 189 cm³/mol. The molecule has 0 unspecified atom stereocenters. The number of nitrogens with zero attached hydrogens (tertiary/aromatic N) is 2. The smallest absolute Gasteiger partial charge is 0.271 e. The zero-order valence-electron chi connectivity index (χ0n) is 26.7. The van der Waals surface area contributed by atoms with Crippen LogP contribution < -0.4 is 4.90 Å². The van der Waals surface area contributed by atoms with Crippen molar-refractivity contribution in [2.24, 2.45) is 0 Å². The highest BCUT2D eigenvalue weighted by molar-refractivity contribution is 7.85. The van der Waals surface area contributed by atoms with Gasteiger partial charge in [0.15, 0.2) is 12.3 Å². The molecule has 0 saturated carbocycles. The summed E-state index contributed by atoms with van der Waals surface area (Å²) in [5.41, 5.74) is 6.58. The fourth-order valence-electron chi connectivity index (χ4n) is 7.34. The zero-order chi connectivity index (χ0) is 32.0. The second-order valence-electron chi connectivity index (χ2n) is 12.9. The van der Waals surface area contributed by atoms with Gasteiger partial charge < -0.3 is 4.90 Å². The van der Waals surface area contributed by atoms with Crippen molar-refractivity contribution < 1.29 is 17.5 Å². The largest absolute Gasteiger partial charge is 0.344 e. The second-order valence-corrected chi connectivity index (χ2v) is 14.4. The second kappa shape index (κ2) is 11.6. The summed E-state index contributed by atoms with van der Waals surface area (Å²) >= 11 is 0. The molecule has 2 aliphatic heterocycles. The fourth-order valence-corrected chi connectivity index (χ4v) is 7.76. The lowest BCUT2D eigenvalue weighted by Gasteiger charge is -2.26. The van der Waals surface area contributed by atoms with Crippen LogP contribution in [0.15, 0.2) is 121 Å². The van der Waals surface area contributed by atoms with Gasteiger partial charge in [0.1, 0.15) is 5.75 Å². The van der Waals surface area contributed by atoms with Gasteiger partial charge in [-0.05, 0) is 66.1 Å².